The minimum Gasteiger partial charge on any atom is -0.383 e. The van der Waals surface area contributed by atoms with E-state index in [9.17, 15) is 13.2 Å². The number of piperidine rings is 1. The monoisotopic (exact) mass is 535 g/mol. The second kappa shape index (κ2) is 10.9. The van der Waals surface area contributed by atoms with Gasteiger partial charge < -0.3 is 9.30 Å². The summed E-state index contributed by atoms with van der Waals surface area (Å²) in [6.07, 6.45) is 3.59. The zero-order valence-electron chi connectivity index (χ0n) is 20.2. The molecule has 1 aliphatic heterocycles. The second-order valence-corrected chi connectivity index (χ2v) is 12.0. The van der Waals surface area contributed by atoms with Gasteiger partial charge in [-0.25, -0.2) is 8.42 Å². The van der Waals surface area contributed by atoms with Gasteiger partial charge in [-0.3, -0.25) is 4.79 Å². The molecule has 1 saturated heterocycles. The number of rotatable bonds is 7. The quantitative estimate of drug-likeness (QED) is 0.426. The van der Waals surface area contributed by atoms with E-state index in [0.717, 1.165) is 41.5 Å². The summed E-state index contributed by atoms with van der Waals surface area (Å²) in [7, 11) is -1.98. The number of fused-ring (bicyclic) bond motifs is 1. The molecule has 1 fully saturated rings. The average molecular weight is 536 g/mol. The fraction of sp³-hybridized carbons (Fsp3) is 0.440. The first-order valence-corrected chi connectivity index (χ1v) is 14.4. The van der Waals surface area contributed by atoms with Crippen molar-refractivity contribution in [1.82, 2.24) is 8.87 Å². The summed E-state index contributed by atoms with van der Waals surface area (Å²) in [5.41, 5.74) is 2.18. The number of sulfonamides is 1. The Hall–Kier alpha value is -2.04. The van der Waals surface area contributed by atoms with Gasteiger partial charge in [0.2, 0.25) is 10.0 Å². The van der Waals surface area contributed by atoms with Gasteiger partial charge in [-0.05, 0) is 68.1 Å². The summed E-state index contributed by atoms with van der Waals surface area (Å²) in [5.74, 6) is -0.431. The van der Waals surface area contributed by atoms with Crippen molar-refractivity contribution in [1.29, 1.82) is 0 Å². The minimum absolute atomic E-state index is 0.0255. The molecular formula is C25H30ClN3O4S2. The zero-order valence-corrected chi connectivity index (χ0v) is 22.5. The smallest absolute Gasteiger partial charge is 0.279 e. The molecule has 2 heterocycles. The molecule has 1 amide bonds. The Balaban J connectivity index is 1.67. The summed E-state index contributed by atoms with van der Waals surface area (Å²) in [4.78, 5) is 18.2. The van der Waals surface area contributed by atoms with E-state index in [-0.39, 0.29) is 10.9 Å². The largest absolute Gasteiger partial charge is 0.383 e. The molecule has 2 aromatic carbocycles. The van der Waals surface area contributed by atoms with Crippen LogP contribution < -0.4 is 4.80 Å². The SMILES string of the molecule is CCC1CCCCN1S(=O)(=O)c1ccc(C(=O)N=c2sc3ccc(Cl)c(C)c3n2CCOC)cc1. The molecule has 188 valence electrons. The van der Waals surface area contributed by atoms with Gasteiger partial charge in [0.05, 0.1) is 21.7 Å². The molecule has 0 aliphatic carbocycles. The molecule has 3 aromatic rings. The van der Waals surface area contributed by atoms with Crippen LogP contribution in [0.2, 0.25) is 5.02 Å². The van der Waals surface area contributed by atoms with E-state index in [1.807, 2.05) is 30.5 Å². The van der Waals surface area contributed by atoms with E-state index in [0.29, 0.717) is 35.1 Å². The van der Waals surface area contributed by atoms with Crippen molar-refractivity contribution in [2.24, 2.45) is 4.99 Å². The van der Waals surface area contributed by atoms with E-state index in [4.69, 9.17) is 16.3 Å². The van der Waals surface area contributed by atoms with Crippen LogP contribution in [0.25, 0.3) is 10.2 Å². The molecule has 35 heavy (non-hydrogen) atoms. The number of methoxy groups -OCH3 is 1. The number of nitrogens with zero attached hydrogens (tertiary/aromatic N) is 3. The van der Waals surface area contributed by atoms with E-state index in [2.05, 4.69) is 4.99 Å². The third kappa shape index (κ3) is 5.24. The lowest BCUT2D eigenvalue weighted by Gasteiger charge is -2.34. The standard InChI is InChI=1S/C25H30ClN3O4S2/c1-4-19-7-5-6-14-29(19)35(31,32)20-10-8-18(9-11-20)24(30)27-25-28(15-16-33-3)23-17(2)21(26)12-13-22(23)34-25/h8-13,19H,4-7,14-16H2,1-3H3. The Labute approximate surface area is 215 Å². The zero-order chi connectivity index (χ0) is 25.2. The van der Waals surface area contributed by atoms with Crippen molar-refractivity contribution in [2.45, 2.75) is 57.0 Å². The maximum atomic E-state index is 13.2. The summed E-state index contributed by atoms with van der Waals surface area (Å²) < 4.78 is 36.2. The highest BCUT2D eigenvalue weighted by Crippen LogP contribution is 2.28. The number of hydrogen-bond acceptors (Lipinski definition) is 5. The van der Waals surface area contributed by atoms with Crippen LogP contribution in [0.3, 0.4) is 0 Å². The third-order valence-corrected chi connectivity index (χ3v) is 9.92. The molecule has 0 bridgehead atoms. The van der Waals surface area contributed by atoms with Crippen LogP contribution >= 0.6 is 22.9 Å². The van der Waals surface area contributed by atoms with Gasteiger partial charge >= 0.3 is 0 Å². The maximum Gasteiger partial charge on any atom is 0.279 e. The molecular weight excluding hydrogens is 506 g/mol. The highest BCUT2D eigenvalue weighted by Gasteiger charge is 2.32. The first-order valence-electron chi connectivity index (χ1n) is 11.8. The predicted molar refractivity (Wildman–Crippen MR) is 140 cm³/mol. The first-order chi connectivity index (χ1) is 16.8. The Morgan fingerprint density at radius 1 is 1.20 bits per heavy atom. The second-order valence-electron chi connectivity index (χ2n) is 8.66. The Kier molecular flexibility index (Phi) is 8.12. The Bertz CT molecular complexity index is 1390. The maximum absolute atomic E-state index is 13.2. The van der Waals surface area contributed by atoms with Crippen molar-refractivity contribution >= 4 is 49.1 Å². The van der Waals surface area contributed by atoms with Crippen molar-refractivity contribution in [2.75, 3.05) is 20.3 Å². The number of carbonyl (C=O) groups is 1. The molecule has 1 unspecified atom stereocenters. The van der Waals surface area contributed by atoms with Crippen molar-refractivity contribution in [3.05, 3.63) is 57.3 Å². The van der Waals surface area contributed by atoms with Gasteiger partial charge in [0.25, 0.3) is 5.91 Å². The number of aromatic nitrogens is 1. The van der Waals surface area contributed by atoms with Crippen molar-refractivity contribution in [3.8, 4) is 0 Å². The highest BCUT2D eigenvalue weighted by molar-refractivity contribution is 7.89. The minimum atomic E-state index is -3.60. The van der Waals surface area contributed by atoms with Crippen molar-refractivity contribution < 1.29 is 17.9 Å². The Morgan fingerprint density at radius 2 is 1.94 bits per heavy atom. The molecule has 1 atom stereocenters. The molecule has 1 aromatic heterocycles. The van der Waals surface area contributed by atoms with Crippen LogP contribution in [0.15, 0.2) is 46.3 Å². The van der Waals surface area contributed by atoms with E-state index < -0.39 is 15.9 Å². The molecule has 0 N–H and O–H groups in total. The van der Waals surface area contributed by atoms with Crippen molar-refractivity contribution in [3.63, 3.8) is 0 Å². The lowest BCUT2D eigenvalue weighted by atomic mass is 10.0. The Morgan fingerprint density at radius 3 is 2.63 bits per heavy atom. The van der Waals surface area contributed by atoms with E-state index in [1.54, 1.807) is 23.5 Å². The molecule has 1 aliphatic rings. The fourth-order valence-corrected chi connectivity index (χ4v) is 7.58. The van der Waals surface area contributed by atoms with Crippen LogP contribution in [0, 0.1) is 6.92 Å². The number of thiazole rings is 1. The molecule has 0 saturated carbocycles. The summed E-state index contributed by atoms with van der Waals surface area (Å²) in [6, 6.07) is 9.88. The van der Waals surface area contributed by atoms with E-state index in [1.165, 1.54) is 23.5 Å². The first kappa shape index (κ1) is 26.0. The lowest BCUT2D eigenvalue weighted by Crippen LogP contribution is -2.43. The van der Waals surface area contributed by atoms with Crippen LogP contribution in [0.1, 0.15) is 48.5 Å². The van der Waals surface area contributed by atoms with Gasteiger partial charge in [0.15, 0.2) is 4.80 Å². The number of amides is 1. The van der Waals surface area contributed by atoms with Gasteiger partial charge in [-0.1, -0.05) is 36.3 Å². The van der Waals surface area contributed by atoms with Crippen LogP contribution in [-0.4, -0.2) is 49.5 Å². The highest BCUT2D eigenvalue weighted by atomic mass is 35.5. The van der Waals surface area contributed by atoms with Crippen LogP contribution in [-0.2, 0) is 21.3 Å². The number of benzene rings is 2. The lowest BCUT2D eigenvalue weighted by molar-refractivity contribution is 0.0997. The fourth-order valence-electron chi connectivity index (χ4n) is 4.55. The van der Waals surface area contributed by atoms with Gasteiger partial charge in [0.1, 0.15) is 0 Å². The van der Waals surface area contributed by atoms with Crippen LogP contribution in [0.4, 0.5) is 0 Å². The van der Waals surface area contributed by atoms with Gasteiger partial charge in [0, 0.05) is 36.8 Å². The number of hydrogen-bond donors (Lipinski definition) is 0. The molecule has 7 nitrogen and oxygen atoms in total. The molecule has 4 rings (SSSR count). The van der Waals surface area contributed by atoms with Gasteiger partial charge in [-0.15, -0.1) is 0 Å². The summed E-state index contributed by atoms with van der Waals surface area (Å²) in [6.45, 7) is 5.48. The number of halogens is 1. The third-order valence-electron chi connectivity index (χ3n) is 6.50. The number of aryl methyl sites for hydroxylation is 1. The van der Waals surface area contributed by atoms with E-state index >= 15 is 0 Å². The van der Waals surface area contributed by atoms with Gasteiger partial charge in [-0.2, -0.15) is 9.30 Å². The van der Waals surface area contributed by atoms with Crippen LogP contribution in [0.5, 0.6) is 0 Å². The average Bonchev–Trinajstić information content (AvgIpc) is 3.22. The molecule has 10 heteroatoms. The predicted octanol–water partition coefficient (Wildman–Crippen LogP) is 5.01. The normalized spacial score (nSPS) is 17.8. The summed E-state index contributed by atoms with van der Waals surface area (Å²) in [5, 5.41) is 0.648. The topological polar surface area (TPSA) is 81.0 Å². The number of carbonyl (C=O) groups excluding carboxylic acids is 1. The molecule has 0 spiro atoms. The summed E-state index contributed by atoms with van der Waals surface area (Å²) >= 11 is 7.75. The number of ether oxygens (including phenoxy) is 1. The molecule has 0 radical (unpaired) electrons.